The molecule has 3 unspecified atom stereocenters. The molecule has 3 N–H and O–H groups in total. The molecule has 3 aliphatic rings. The molecule has 1 saturated carbocycles. The summed E-state index contributed by atoms with van der Waals surface area (Å²) in [4.78, 5) is 15.7. The van der Waals surface area contributed by atoms with Gasteiger partial charge in [-0.1, -0.05) is 24.3 Å². The second-order valence-corrected chi connectivity index (χ2v) is 16.3. The second kappa shape index (κ2) is 14.7. The zero-order valence-electron chi connectivity index (χ0n) is 29.2. The first kappa shape index (κ1) is 36.3. The van der Waals surface area contributed by atoms with Gasteiger partial charge in [0.15, 0.2) is 6.04 Å². The van der Waals surface area contributed by atoms with E-state index < -0.39 is 33.5 Å². The predicted octanol–water partition coefficient (Wildman–Crippen LogP) is 6.75. The highest BCUT2D eigenvalue weighted by Crippen LogP contribution is 2.43. The van der Waals surface area contributed by atoms with Gasteiger partial charge in [0.25, 0.3) is 5.92 Å². The number of halogens is 2. The maximum absolute atomic E-state index is 17.0. The summed E-state index contributed by atoms with van der Waals surface area (Å²) in [5.41, 5.74) is 6.64. The summed E-state index contributed by atoms with van der Waals surface area (Å²) < 4.78 is 75.0. The minimum absolute atomic E-state index is 0.0155. The number of piperidine rings is 1. The van der Waals surface area contributed by atoms with Crippen LogP contribution in [0.5, 0.6) is 17.2 Å². The number of alkyl halides is 2. The lowest BCUT2D eigenvalue weighted by atomic mass is 9.94. The Morgan fingerprint density at radius 3 is 2.10 bits per heavy atom. The van der Waals surface area contributed by atoms with E-state index >= 15 is 8.78 Å². The van der Waals surface area contributed by atoms with Crippen LogP contribution in [0.4, 0.5) is 8.78 Å². The molecule has 3 fully saturated rings. The number of carbonyl (C=O) groups excluding carboxylic acids is 1. The number of amides is 1. The van der Waals surface area contributed by atoms with Crippen molar-refractivity contribution in [2.24, 2.45) is 5.73 Å². The normalized spacial score (nSPS) is 21.5. The van der Waals surface area contributed by atoms with E-state index in [9.17, 15) is 13.2 Å². The minimum Gasteiger partial charge on any atom is -0.490 e. The van der Waals surface area contributed by atoms with Gasteiger partial charge in [-0.25, -0.2) is 8.42 Å². The fourth-order valence-electron chi connectivity index (χ4n) is 8.09. The number of nitrogens with two attached hydrogens (primary N) is 1. The van der Waals surface area contributed by atoms with E-state index in [4.69, 9.17) is 20.3 Å². The molecule has 0 spiro atoms. The third-order valence-electron chi connectivity index (χ3n) is 10.8. The first-order valence-electron chi connectivity index (χ1n) is 18.1. The van der Waals surface area contributed by atoms with Gasteiger partial charge in [0.1, 0.15) is 17.2 Å². The Morgan fingerprint density at radius 2 is 1.46 bits per heavy atom. The van der Waals surface area contributed by atoms with Crippen LogP contribution in [-0.2, 0) is 27.2 Å². The molecule has 7 rings (SSSR count). The lowest BCUT2D eigenvalue weighted by molar-refractivity contribution is -0.155. The Labute approximate surface area is 303 Å². The van der Waals surface area contributed by atoms with Crippen LogP contribution in [0, 0.1) is 0 Å². The average molecular weight is 734 g/mol. The predicted molar refractivity (Wildman–Crippen MR) is 194 cm³/mol. The van der Waals surface area contributed by atoms with Crippen LogP contribution in [0.2, 0.25) is 0 Å². The van der Waals surface area contributed by atoms with Gasteiger partial charge in [-0.3, -0.25) is 4.79 Å². The number of ether oxygens (including phenoxy) is 2. The second-order valence-electron chi connectivity index (χ2n) is 14.3. The molecular formula is C40H45F2N3O6S. The Hall–Kier alpha value is -4.10. The van der Waals surface area contributed by atoms with Crippen molar-refractivity contribution in [1.82, 2.24) is 9.21 Å². The molecule has 0 radical (unpaired) electrons. The number of nitrogens with zero attached hydrogens (tertiary/aromatic N) is 2. The largest absolute Gasteiger partial charge is 0.490 e. The maximum Gasteiger partial charge on any atom is 0.298 e. The Morgan fingerprint density at radius 1 is 0.885 bits per heavy atom. The molecule has 4 aromatic carbocycles. The highest BCUT2D eigenvalue weighted by atomic mass is 32.2. The van der Waals surface area contributed by atoms with Crippen LogP contribution in [0.3, 0.4) is 0 Å². The molecule has 3 atom stereocenters. The molecule has 4 aromatic rings. The number of aliphatic hydroxyl groups is 1. The Balaban J connectivity index is 1.19. The molecular weight excluding hydrogens is 689 g/mol. The van der Waals surface area contributed by atoms with E-state index in [-0.39, 0.29) is 41.5 Å². The molecule has 2 heterocycles. The lowest BCUT2D eigenvalue weighted by Gasteiger charge is -2.42. The summed E-state index contributed by atoms with van der Waals surface area (Å²) in [6.07, 6.45) is 7.11. The zero-order valence-corrected chi connectivity index (χ0v) is 30.0. The maximum atomic E-state index is 17.0. The monoisotopic (exact) mass is 733 g/mol. The average Bonchev–Trinajstić information content (AvgIpc) is 3.74. The van der Waals surface area contributed by atoms with Crippen molar-refractivity contribution in [2.75, 3.05) is 13.7 Å². The van der Waals surface area contributed by atoms with E-state index in [0.29, 0.717) is 53.3 Å². The third kappa shape index (κ3) is 7.26. The molecule has 0 aromatic heterocycles. The summed E-state index contributed by atoms with van der Waals surface area (Å²) in [6.45, 7) is 0.0155. The first-order chi connectivity index (χ1) is 24.9. The standard InChI is InChI=1S/C40H45F2N3O6S/c1-44(52(48,49)37-19-9-27-22-36(16-8-28(27)23-37)51-33-4-2-3-5-33)38(39(47)45-31-12-13-32(45)25-30(43)24-31)40(41,42)29-10-17-35(18-11-29)50-34-14-6-26(7-15-34)20-21-46/h6-11,14-19,22-23,30-33,38,46H,2-5,12-13,20-21,24-25,43H2,1H3. The van der Waals surface area contributed by atoms with E-state index in [1.54, 1.807) is 42.5 Å². The molecule has 276 valence electrons. The number of hydrogen-bond donors (Lipinski definition) is 2. The van der Waals surface area contributed by atoms with Gasteiger partial charge in [0.05, 0.1) is 11.0 Å². The van der Waals surface area contributed by atoms with Crippen LogP contribution in [-0.4, -0.2) is 72.6 Å². The lowest BCUT2D eigenvalue weighted by Crippen LogP contribution is -2.61. The highest BCUT2D eigenvalue weighted by molar-refractivity contribution is 7.89. The summed E-state index contributed by atoms with van der Waals surface area (Å²) >= 11 is 0. The van der Waals surface area contributed by atoms with Crippen LogP contribution < -0.4 is 15.2 Å². The number of fused-ring (bicyclic) bond motifs is 3. The van der Waals surface area contributed by atoms with Crippen molar-refractivity contribution in [2.45, 2.75) is 98.9 Å². The van der Waals surface area contributed by atoms with Crippen molar-refractivity contribution >= 4 is 26.7 Å². The number of carbonyl (C=O) groups is 1. The van der Waals surface area contributed by atoms with E-state index in [1.165, 1.54) is 29.2 Å². The van der Waals surface area contributed by atoms with Crippen LogP contribution in [0.15, 0.2) is 89.8 Å². The molecule has 12 heteroatoms. The molecule has 9 nitrogen and oxygen atoms in total. The Bertz CT molecular complexity index is 1990. The van der Waals surface area contributed by atoms with Crippen molar-refractivity contribution in [1.29, 1.82) is 0 Å². The minimum atomic E-state index is -4.61. The number of aliphatic hydroxyl groups excluding tert-OH is 1. The van der Waals surface area contributed by atoms with E-state index in [0.717, 1.165) is 55.8 Å². The quantitative estimate of drug-likeness (QED) is 0.165. The first-order valence-corrected chi connectivity index (χ1v) is 19.5. The summed E-state index contributed by atoms with van der Waals surface area (Å²) in [5.74, 6) is -3.40. The zero-order chi connectivity index (χ0) is 36.6. The smallest absolute Gasteiger partial charge is 0.298 e. The molecule has 2 bridgehead atoms. The van der Waals surface area contributed by atoms with E-state index in [2.05, 4.69) is 0 Å². The van der Waals surface area contributed by atoms with Crippen molar-refractivity contribution in [3.05, 3.63) is 96.1 Å². The highest BCUT2D eigenvalue weighted by Gasteiger charge is 2.56. The van der Waals surface area contributed by atoms with Gasteiger partial charge in [-0.2, -0.15) is 13.1 Å². The number of benzene rings is 4. The van der Waals surface area contributed by atoms with Crippen molar-refractivity contribution < 1.29 is 36.6 Å². The van der Waals surface area contributed by atoms with Crippen LogP contribution in [0.25, 0.3) is 10.8 Å². The van der Waals surface area contributed by atoms with Gasteiger partial charge >= 0.3 is 0 Å². The molecule has 2 aliphatic heterocycles. The summed E-state index contributed by atoms with van der Waals surface area (Å²) in [5, 5.41) is 10.5. The summed E-state index contributed by atoms with van der Waals surface area (Å²) in [6, 6.07) is 18.8. The topological polar surface area (TPSA) is 122 Å². The fourth-order valence-corrected chi connectivity index (χ4v) is 9.44. The van der Waals surface area contributed by atoms with Crippen LogP contribution in [0.1, 0.15) is 62.5 Å². The molecule has 1 amide bonds. The van der Waals surface area contributed by atoms with Crippen molar-refractivity contribution in [3.63, 3.8) is 0 Å². The molecule has 1 aliphatic carbocycles. The molecule has 2 saturated heterocycles. The van der Waals surface area contributed by atoms with Gasteiger partial charge in [-0.15, -0.1) is 0 Å². The van der Waals surface area contributed by atoms with E-state index in [1.807, 2.05) is 6.07 Å². The third-order valence-corrected chi connectivity index (χ3v) is 12.6. The number of hydrogen-bond acceptors (Lipinski definition) is 7. The van der Waals surface area contributed by atoms with Crippen LogP contribution >= 0.6 is 0 Å². The summed E-state index contributed by atoms with van der Waals surface area (Å²) in [7, 11) is -3.55. The van der Waals surface area contributed by atoms with Gasteiger partial charge in [0.2, 0.25) is 15.9 Å². The molecule has 52 heavy (non-hydrogen) atoms. The number of rotatable bonds is 12. The van der Waals surface area contributed by atoms with Gasteiger partial charge in [-0.05, 0) is 135 Å². The fraction of sp³-hybridized carbons (Fsp3) is 0.425. The number of sulfonamides is 1. The SMILES string of the molecule is CN(C(C(=O)N1C2CCC1CC(N)C2)C(F)(F)c1ccc(Oc2ccc(CCO)cc2)cc1)S(=O)(=O)c1ccc2cc(OC3CCCC3)ccc2c1. The Kier molecular flexibility index (Phi) is 10.3. The van der Waals surface area contributed by atoms with Gasteiger partial charge < -0.3 is 25.2 Å². The number of likely N-dealkylation sites (N-methyl/N-ethyl adjacent to an activating group) is 1. The van der Waals surface area contributed by atoms with Gasteiger partial charge in [0, 0.05) is 37.3 Å². The van der Waals surface area contributed by atoms with Crippen molar-refractivity contribution in [3.8, 4) is 17.2 Å².